The van der Waals surface area contributed by atoms with Gasteiger partial charge in [0.15, 0.2) is 17.3 Å². The number of rotatable bonds is 10. The zero-order valence-electron chi connectivity index (χ0n) is 20.3. The van der Waals surface area contributed by atoms with Crippen molar-refractivity contribution in [1.82, 2.24) is 13.8 Å². The average molecular weight is 478 g/mol. The lowest BCUT2D eigenvalue weighted by molar-refractivity contribution is 0.0901. The summed E-state index contributed by atoms with van der Waals surface area (Å²) in [5.41, 5.74) is 3.89. The van der Waals surface area contributed by atoms with Crippen LogP contribution < -0.4 is 9.47 Å². The third-order valence-corrected chi connectivity index (χ3v) is 8.28. The van der Waals surface area contributed by atoms with Gasteiger partial charge in [-0.2, -0.15) is 4.31 Å². The van der Waals surface area contributed by atoms with Crippen LogP contribution in [-0.4, -0.2) is 80.7 Å². The van der Waals surface area contributed by atoms with Crippen molar-refractivity contribution in [1.29, 1.82) is 0 Å². The molecule has 0 saturated carbocycles. The Hall–Kier alpha value is -2.36. The maximum absolute atomic E-state index is 13.0. The molecule has 182 valence electrons. The number of piperazine rings is 1. The zero-order valence-corrected chi connectivity index (χ0v) is 21.1. The minimum Gasteiger partial charge on any atom is -0.493 e. The Morgan fingerprint density at radius 1 is 1.00 bits per heavy atom. The molecular weight excluding hydrogens is 442 g/mol. The SMILES string of the molecule is CCS(=O)(=O)N1CCN(CC(=O)c2cc(C)n(CCc3ccc(OC)c(OC)c3)c2C)CC1. The number of hydrogen-bond acceptors (Lipinski definition) is 6. The highest BCUT2D eigenvalue weighted by Gasteiger charge is 2.27. The van der Waals surface area contributed by atoms with Crippen LogP contribution in [0.4, 0.5) is 0 Å². The van der Waals surface area contributed by atoms with Crippen molar-refractivity contribution in [2.45, 2.75) is 33.7 Å². The lowest BCUT2D eigenvalue weighted by Gasteiger charge is -2.33. The minimum atomic E-state index is -3.17. The molecule has 1 aliphatic heterocycles. The first-order valence-corrected chi connectivity index (χ1v) is 12.9. The molecule has 2 heterocycles. The van der Waals surface area contributed by atoms with E-state index in [2.05, 4.69) is 4.57 Å². The summed E-state index contributed by atoms with van der Waals surface area (Å²) in [7, 11) is 0.0795. The molecule has 0 atom stereocenters. The summed E-state index contributed by atoms with van der Waals surface area (Å²) in [5.74, 6) is 1.60. The Morgan fingerprint density at radius 2 is 1.67 bits per heavy atom. The van der Waals surface area contributed by atoms with Gasteiger partial charge in [-0.25, -0.2) is 8.42 Å². The highest BCUT2D eigenvalue weighted by atomic mass is 32.2. The van der Waals surface area contributed by atoms with Crippen LogP contribution in [0.5, 0.6) is 11.5 Å². The number of nitrogens with zero attached hydrogens (tertiary/aromatic N) is 3. The number of carbonyl (C=O) groups is 1. The smallest absolute Gasteiger partial charge is 0.213 e. The number of ether oxygens (including phenoxy) is 2. The second-order valence-corrected chi connectivity index (χ2v) is 10.6. The van der Waals surface area contributed by atoms with Gasteiger partial charge in [0.05, 0.1) is 26.5 Å². The van der Waals surface area contributed by atoms with Crippen LogP contribution in [0.3, 0.4) is 0 Å². The van der Waals surface area contributed by atoms with Gasteiger partial charge in [0, 0.05) is 49.7 Å². The fourth-order valence-electron chi connectivity index (χ4n) is 4.34. The number of aromatic nitrogens is 1. The Balaban J connectivity index is 1.63. The summed E-state index contributed by atoms with van der Waals surface area (Å²) in [4.78, 5) is 15.1. The van der Waals surface area contributed by atoms with Crippen LogP contribution in [-0.2, 0) is 23.0 Å². The zero-order chi connectivity index (χ0) is 24.2. The van der Waals surface area contributed by atoms with Crippen molar-refractivity contribution >= 4 is 15.8 Å². The van der Waals surface area contributed by atoms with Crippen LogP contribution in [0.2, 0.25) is 0 Å². The Labute approximate surface area is 197 Å². The molecule has 33 heavy (non-hydrogen) atoms. The predicted octanol–water partition coefficient (Wildman–Crippen LogP) is 2.51. The van der Waals surface area contributed by atoms with Gasteiger partial charge in [0.2, 0.25) is 10.0 Å². The third-order valence-electron chi connectivity index (χ3n) is 6.40. The third kappa shape index (κ3) is 5.77. The van der Waals surface area contributed by atoms with Gasteiger partial charge < -0.3 is 14.0 Å². The van der Waals surface area contributed by atoms with Crippen LogP contribution in [0.1, 0.15) is 34.2 Å². The molecule has 0 amide bonds. The van der Waals surface area contributed by atoms with Gasteiger partial charge in [-0.3, -0.25) is 9.69 Å². The molecule has 3 rings (SSSR count). The monoisotopic (exact) mass is 477 g/mol. The molecule has 8 nitrogen and oxygen atoms in total. The van der Waals surface area contributed by atoms with E-state index in [-0.39, 0.29) is 11.5 Å². The molecule has 0 aliphatic carbocycles. The Morgan fingerprint density at radius 3 is 2.27 bits per heavy atom. The maximum Gasteiger partial charge on any atom is 0.213 e. The lowest BCUT2D eigenvalue weighted by Crippen LogP contribution is -2.50. The van der Waals surface area contributed by atoms with E-state index < -0.39 is 10.0 Å². The summed E-state index contributed by atoms with van der Waals surface area (Å²) in [6.07, 6.45) is 0.804. The number of benzene rings is 1. The van der Waals surface area contributed by atoms with Gasteiger partial charge in [0.1, 0.15) is 0 Å². The molecule has 9 heteroatoms. The highest BCUT2D eigenvalue weighted by molar-refractivity contribution is 7.89. The summed E-state index contributed by atoms with van der Waals surface area (Å²) in [6.45, 7) is 8.75. The van der Waals surface area contributed by atoms with E-state index in [1.165, 1.54) is 4.31 Å². The molecule has 1 aromatic carbocycles. The minimum absolute atomic E-state index is 0.0762. The number of aryl methyl sites for hydroxylation is 2. The van der Waals surface area contributed by atoms with E-state index >= 15 is 0 Å². The molecular formula is C24H35N3O5S. The number of ketones is 1. The van der Waals surface area contributed by atoms with Crippen molar-refractivity contribution in [3.63, 3.8) is 0 Å². The largest absolute Gasteiger partial charge is 0.493 e. The molecule has 1 aromatic heterocycles. The number of hydrogen-bond donors (Lipinski definition) is 0. The molecule has 0 radical (unpaired) electrons. The van der Waals surface area contributed by atoms with E-state index in [0.717, 1.165) is 35.5 Å². The molecule has 0 N–H and O–H groups in total. The number of sulfonamides is 1. The first kappa shape index (κ1) is 25.3. The fourth-order valence-corrected chi connectivity index (χ4v) is 5.43. The van der Waals surface area contributed by atoms with Gasteiger partial charge in [0.25, 0.3) is 0 Å². The molecule has 2 aromatic rings. The summed E-state index contributed by atoms with van der Waals surface area (Å²) in [6, 6.07) is 7.88. The molecule has 0 unspecified atom stereocenters. The molecule has 0 spiro atoms. The first-order valence-electron chi connectivity index (χ1n) is 11.3. The van der Waals surface area contributed by atoms with E-state index in [9.17, 15) is 13.2 Å². The summed E-state index contributed by atoms with van der Waals surface area (Å²) < 4.78 is 38.5. The second-order valence-electron chi connectivity index (χ2n) is 8.37. The molecule has 1 fully saturated rings. The van der Waals surface area contributed by atoms with Crippen LogP contribution in [0.15, 0.2) is 24.3 Å². The maximum atomic E-state index is 13.0. The summed E-state index contributed by atoms with van der Waals surface area (Å²) >= 11 is 0. The Kier molecular flexibility index (Phi) is 8.20. The van der Waals surface area contributed by atoms with E-state index in [4.69, 9.17) is 9.47 Å². The molecule has 1 aliphatic rings. The second kappa shape index (κ2) is 10.7. The number of methoxy groups -OCH3 is 2. The fraction of sp³-hybridized carbons (Fsp3) is 0.542. The highest BCUT2D eigenvalue weighted by Crippen LogP contribution is 2.28. The Bertz CT molecular complexity index is 1090. The van der Waals surface area contributed by atoms with Gasteiger partial charge in [-0.05, 0) is 51.0 Å². The number of carbonyl (C=O) groups excluding carboxylic acids is 1. The normalized spacial score (nSPS) is 15.5. The lowest BCUT2D eigenvalue weighted by atomic mass is 10.1. The van der Waals surface area contributed by atoms with E-state index in [1.54, 1.807) is 21.1 Å². The van der Waals surface area contributed by atoms with Crippen molar-refractivity contribution in [3.8, 4) is 11.5 Å². The predicted molar refractivity (Wildman–Crippen MR) is 129 cm³/mol. The van der Waals surface area contributed by atoms with Crippen LogP contribution in [0.25, 0.3) is 0 Å². The van der Waals surface area contributed by atoms with Crippen molar-refractivity contribution in [2.75, 3.05) is 52.7 Å². The van der Waals surface area contributed by atoms with Gasteiger partial charge >= 0.3 is 0 Å². The molecule has 1 saturated heterocycles. The van der Waals surface area contributed by atoms with E-state index in [0.29, 0.717) is 44.2 Å². The van der Waals surface area contributed by atoms with Crippen molar-refractivity contribution < 1.29 is 22.7 Å². The van der Waals surface area contributed by atoms with E-state index in [1.807, 2.05) is 43.0 Å². The van der Waals surface area contributed by atoms with Crippen LogP contribution in [0, 0.1) is 13.8 Å². The molecule has 0 bridgehead atoms. The van der Waals surface area contributed by atoms with Gasteiger partial charge in [-0.15, -0.1) is 0 Å². The van der Waals surface area contributed by atoms with Gasteiger partial charge in [-0.1, -0.05) is 6.07 Å². The first-order chi connectivity index (χ1) is 15.7. The van der Waals surface area contributed by atoms with Crippen LogP contribution >= 0.6 is 0 Å². The summed E-state index contributed by atoms with van der Waals surface area (Å²) in [5, 5.41) is 0. The number of Topliss-reactive ketones (excluding diaryl/α,β-unsaturated/α-hetero) is 1. The van der Waals surface area contributed by atoms with Crippen molar-refractivity contribution in [3.05, 3.63) is 46.8 Å². The van der Waals surface area contributed by atoms with Crippen molar-refractivity contribution in [2.24, 2.45) is 0 Å². The average Bonchev–Trinajstić information content (AvgIpc) is 3.11. The topological polar surface area (TPSA) is 81.1 Å². The standard InChI is InChI=1S/C24H35N3O5S/c1-6-33(29,30)26-13-11-25(12-14-26)17-22(28)21-15-18(2)27(19(21)3)10-9-20-7-8-23(31-4)24(16-20)32-5/h7-8,15-16H,6,9-14,17H2,1-5H3. The quantitative estimate of drug-likeness (QED) is 0.489.